The quantitative estimate of drug-likeness (QED) is 0.601. The molecule has 0 radical (unpaired) electrons. The van der Waals surface area contributed by atoms with Crippen molar-refractivity contribution in [3.8, 4) is 11.6 Å². The Balaban J connectivity index is 2.44. The van der Waals surface area contributed by atoms with E-state index in [0.29, 0.717) is 23.3 Å². The van der Waals surface area contributed by atoms with Gasteiger partial charge in [0, 0.05) is 13.5 Å². The fraction of sp³-hybridized carbons (Fsp3) is 0.333. The lowest BCUT2D eigenvalue weighted by molar-refractivity contribution is 0.181. The molecule has 0 aliphatic rings. The summed E-state index contributed by atoms with van der Waals surface area (Å²) < 4.78 is 11.5. The van der Waals surface area contributed by atoms with Crippen molar-refractivity contribution >= 4 is 34.2 Å². The van der Waals surface area contributed by atoms with Crippen molar-refractivity contribution in [3.63, 3.8) is 0 Å². The molecule has 0 atom stereocenters. The molecule has 2 aromatic rings. The van der Waals surface area contributed by atoms with Gasteiger partial charge in [0.1, 0.15) is 10.9 Å². The molecule has 2 heterocycles. The second kappa shape index (κ2) is 5.99. The number of halogens is 2. The number of aromatic nitrogens is 2. The predicted molar refractivity (Wildman–Crippen MR) is 77.6 cm³/mol. The molecule has 0 aliphatic heterocycles. The first-order chi connectivity index (χ1) is 8.65. The average molecular weight is 379 g/mol. The smallest absolute Gasteiger partial charge is 0.197 e. The van der Waals surface area contributed by atoms with Crippen molar-refractivity contribution in [1.82, 2.24) is 9.97 Å². The molecule has 2 aromatic heterocycles. The lowest BCUT2D eigenvalue weighted by atomic mass is 10.3. The van der Waals surface area contributed by atoms with E-state index in [0.717, 1.165) is 21.4 Å². The van der Waals surface area contributed by atoms with Crippen LogP contribution in [-0.2, 0) is 17.8 Å². The molecular weight excluding hydrogens is 367 g/mol. The first-order valence-electron chi connectivity index (χ1n) is 5.45. The van der Waals surface area contributed by atoms with E-state index in [-0.39, 0.29) is 0 Å². The van der Waals surface area contributed by atoms with Gasteiger partial charge in [0.05, 0.1) is 15.9 Å². The van der Waals surface area contributed by atoms with E-state index in [2.05, 4.69) is 32.6 Å². The number of methoxy groups -OCH3 is 1. The van der Waals surface area contributed by atoms with Crippen molar-refractivity contribution in [2.24, 2.45) is 0 Å². The molecule has 0 unspecified atom stereocenters. The largest absolute Gasteiger partial charge is 0.458 e. The third-order valence-electron chi connectivity index (χ3n) is 2.39. The van der Waals surface area contributed by atoms with Crippen molar-refractivity contribution < 1.29 is 9.15 Å². The molecule has 0 saturated heterocycles. The molecule has 18 heavy (non-hydrogen) atoms. The Labute approximate surface area is 124 Å². The fourth-order valence-electron chi connectivity index (χ4n) is 1.49. The summed E-state index contributed by atoms with van der Waals surface area (Å²) in [5, 5.41) is 0.419. The van der Waals surface area contributed by atoms with Crippen LogP contribution in [-0.4, -0.2) is 17.1 Å². The van der Waals surface area contributed by atoms with Crippen molar-refractivity contribution in [2.75, 3.05) is 7.11 Å². The average Bonchev–Trinajstić information content (AvgIpc) is 2.83. The second-order valence-electron chi connectivity index (χ2n) is 3.65. The molecule has 0 N–H and O–H groups in total. The molecule has 0 bridgehead atoms. The van der Waals surface area contributed by atoms with Gasteiger partial charge in [-0.05, 0) is 34.7 Å². The SMILES string of the molecule is CCc1ccc(-c2nc(Cl)c(I)c(COC)n2)o1. The summed E-state index contributed by atoms with van der Waals surface area (Å²) in [7, 11) is 1.62. The number of hydrogen-bond donors (Lipinski definition) is 0. The lowest BCUT2D eigenvalue weighted by Gasteiger charge is -2.06. The van der Waals surface area contributed by atoms with E-state index in [1.807, 2.05) is 19.1 Å². The van der Waals surface area contributed by atoms with E-state index in [1.165, 1.54) is 0 Å². The highest BCUT2D eigenvalue weighted by Gasteiger charge is 2.14. The molecule has 2 rings (SSSR count). The Morgan fingerprint density at radius 1 is 1.39 bits per heavy atom. The molecular formula is C12H12ClIN2O2. The van der Waals surface area contributed by atoms with Gasteiger partial charge in [-0.3, -0.25) is 0 Å². The molecule has 4 nitrogen and oxygen atoms in total. The van der Waals surface area contributed by atoms with Gasteiger partial charge in [-0.2, -0.15) is 0 Å². The van der Waals surface area contributed by atoms with Crippen LogP contribution in [0, 0.1) is 3.57 Å². The Morgan fingerprint density at radius 2 is 2.17 bits per heavy atom. The van der Waals surface area contributed by atoms with Crippen molar-refractivity contribution in [3.05, 3.63) is 32.3 Å². The van der Waals surface area contributed by atoms with E-state index in [4.69, 9.17) is 20.8 Å². The first-order valence-corrected chi connectivity index (χ1v) is 6.91. The van der Waals surface area contributed by atoms with Crippen molar-refractivity contribution in [1.29, 1.82) is 0 Å². The maximum atomic E-state index is 6.09. The zero-order valence-electron chi connectivity index (χ0n) is 10.0. The van der Waals surface area contributed by atoms with Crippen LogP contribution in [0.2, 0.25) is 5.15 Å². The van der Waals surface area contributed by atoms with E-state index >= 15 is 0 Å². The standard InChI is InChI=1S/C12H12ClIN2O2/c1-3-7-4-5-9(18-7)12-15-8(6-17-2)10(14)11(13)16-12/h4-5H,3,6H2,1-2H3. The molecule has 0 amide bonds. The minimum absolute atomic E-state index is 0.398. The van der Waals surface area contributed by atoms with Gasteiger partial charge in [-0.1, -0.05) is 18.5 Å². The first kappa shape index (κ1) is 13.8. The minimum Gasteiger partial charge on any atom is -0.458 e. The number of furan rings is 1. The zero-order valence-corrected chi connectivity index (χ0v) is 12.9. The Kier molecular flexibility index (Phi) is 4.58. The van der Waals surface area contributed by atoms with Gasteiger partial charge in [-0.15, -0.1) is 0 Å². The maximum absolute atomic E-state index is 6.09. The van der Waals surface area contributed by atoms with Crippen LogP contribution in [0.25, 0.3) is 11.6 Å². The molecule has 6 heteroatoms. The molecule has 0 aromatic carbocycles. The minimum atomic E-state index is 0.398. The normalized spacial score (nSPS) is 10.9. The summed E-state index contributed by atoms with van der Waals surface area (Å²) in [5.41, 5.74) is 0.766. The molecule has 96 valence electrons. The van der Waals surface area contributed by atoms with Gasteiger partial charge in [0.2, 0.25) is 0 Å². The Bertz CT molecular complexity index is 557. The highest BCUT2D eigenvalue weighted by atomic mass is 127. The number of ether oxygens (including phenoxy) is 1. The van der Waals surface area contributed by atoms with Crippen molar-refractivity contribution in [2.45, 2.75) is 20.0 Å². The second-order valence-corrected chi connectivity index (χ2v) is 5.09. The summed E-state index contributed by atoms with van der Waals surface area (Å²) in [6.45, 7) is 2.43. The van der Waals surface area contributed by atoms with Crippen LogP contribution in [0.15, 0.2) is 16.5 Å². The van der Waals surface area contributed by atoms with Crippen LogP contribution in [0.4, 0.5) is 0 Å². The van der Waals surface area contributed by atoms with E-state index in [1.54, 1.807) is 7.11 Å². The number of nitrogens with zero attached hydrogens (tertiary/aromatic N) is 2. The fourth-order valence-corrected chi connectivity index (χ4v) is 2.08. The number of rotatable bonds is 4. The molecule has 0 spiro atoms. The van der Waals surface area contributed by atoms with Gasteiger partial charge in [-0.25, -0.2) is 9.97 Å². The van der Waals surface area contributed by atoms with Crippen LogP contribution < -0.4 is 0 Å². The number of hydrogen-bond acceptors (Lipinski definition) is 4. The summed E-state index contributed by atoms with van der Waals surface area (Å²) in [6, 6.07) is 3.77. The third kappa shape index (κ3) is 2.84. The highest BCUT2D eigenvalue weighted by Crippen LogP contribution is 2.25. The van der Waals surface area contributed by atoms with Gasteiger partial charge in [0.25, 0.3) is 0 Å². The lowest BCUT2D eigenvalue weighted by Crippen LogP contribution is -2.01. The summed E-state index contributed by atoms with van der Waals surface area (Å²) >= 11 is 8.20. The monoisotopic (exact) mass is 378 g/mol. The summed E-state index contributed by atoms with van der Waals surface area (Å²) in [4.78, 5) is 8.65. The van der Waals surface area contributed by atoms with Crippen LogP contribution in [0.5, 0.6) is 0 Å². The predicted octanol–water partition coefficient (Wildman–Crippen LogP) is 3.70. The summed E-state index contributed by atoms with van der Waals surface area (Å²) in [5.74, 6) is 2.02. The third-order valence-corrected chi connectivity index (χ3v) is 4.12. The molecule has 0 saturated carbocycles. The Morgan fingerprint density at radius 3 is 2.78 bits per heavy atom. The molecule has 0 aliphatic carbocycles. The topological polar surface area (TPSA) is 48.2 Å². The van der Waals surface area contributed by atoms with Gasteiger partial charge in [0.15, 0.2) is 11.6 Å². The van der Waals surface area contributed by atoms with Gasteiger partial charge >= 0.3 is 0 Å². The van der Waals surface area contributed by atoms with Gasteiger partial charge < -0.3 is 9.15 Å². The van der Waals surface area contributed by atoms with Crippen LogP contribution in [0.1, 0.15) is 18.4 Å². The summed E-state index contributed by atoms with van der Waals surface area (Å²) in [6.07, 6.45) is 0.836. The van der Waals surface area contributed by atoms with Crippen LogP contribution in [0.3, 0.4) is 0 Å². The maximum Gasteiger partial charge on any atom is 0.197 e. The number of aryl methyl sites for hydroxylation is 1. The van der Waals surface area contributed by atoms with E-state index < -0.39 is 0 Å². The zero-order chi connectivity index (χ0) is 13.1. The highest BCUT2D eigenvalue weighted by molar-refractivity contribution is 14.1. The van der Waals surface area contributed by atoms with E-state index in [9.17, 15) is 0 Å². The Hall–Kier alpha value is -0.660. The molecule has 0 fully saturated rings. The van der Waals surface area contributed by atoms with Crippen LogP contribution >= 0.6 is 34.2 Å².